The molecule has 4 rings (SSSR count). The highest BCUT2D eigenvalue weighted by Gasteiger charge is 2.49. The molecule has 2 saturated carbocycles. The van der Waals surface area contributed by atoms with Crippen LogP contribution in [0.4, 0.5) is 10.5 Å². The molecule has 2 N–H and O–H groups in total. The number of imide groups is 1. The number of amides is 4. The Morgan fingerprint density at radius 2 is 1.20 bits per heavy atom. The minimum atomic E-state index is -0.377. The number of hydrogen-bond donors (Lipinski definition) is 2. The summed E-state index contributed by atoms with van der Waals surface area (Å²) in [6, 6.07) is 6.74. The Hall–Kier alpha value is -3.32. The maximum absolute atomic E-state index is 12.2. The van der Waals surface area contributed by atoms with Crippen LogP contribution in [-0.4, -0.2) is 96.4 Å². The molecule has 12 nitrogen and oxygen atoms in total. The lowest BCUT2D eigenvalue weighted by atomic mass is 10.0. The van der Waals surface area contributed by atoms with Crippen molar-refractivity contribution in [3.8, 4) is 0 Å². The van der Waals surface area contributed by atoms with Crippen LogP contribution in [0.3, 0.4) is 0 Å². The van der Waals surface area contributed by atoms with Crippen LogP contribution in [0.25, 0.3) is 0 Å². The van der Waals surface area contributed by atoms with Crippen molar-refractivity contribution in [1.82, 2.24) is 10.6 Å². The van der Waals surface area contributed by atoms with Gasteiger partial charge in [0.05, 0.1) is 71.6 Å². The van der Waals surface area contributed by atoms with E-state index in [9.17, 15) is 19.2 Å². The molecule has 0 radical (unpaired) electrons. The molecule has 1 aromatic carbocycles. The lowest BCUT2D eigenvalue weighted by molar-refractivity contribution is -0.121. The molecule has 2 fully saturated rings. The molecule has 12 heteroatoms. The van der Waals surface area contributed by atoms with E-state index in [0.717, 1.165) is 22.3 Å². The highest BCUT2D eigenvalue weighted by molar-refractivity contribution is 6.28. The van der Waals surface area contributed by atoms with E-state index >= 15 is 0 Å². The second-order valence-corrected chi connectivity index (χ2v) is 11.5. The van der Waals surface area contributed by atoms with Gasteiger partial charge in [0.25, 0.3) is 11.8 Å². The number of anilines is 1. The number of benzene rings is 1. The molecule has 4 amide bonds. The summed E-state index contributed by atoms with van der Waals surface area (Å²) in [5, 5.41) is 5.54. The third-order valence-electron chi connectivity index (χ3n) is 8.31. The van der Waals surface area contributed by atoms with Gasteiger partial charge in [-0.05, 0) is 48.3 Å². The maximum atomic E-state index is 12.2. The van der Waals surface area contributed by atoms with Gasteiger partial charge in [0.2, 0.25) is 5.91 Å². The summed E-state index contributed by atoms with van der Waals surface area (Å²) in [7, 11) is 0. The minimum Gasteiger partial charge on any atom is -0.449 e. The number of nitrogens with one attached hydrogen (secondary N) is 2. The zero-order chi connectivity index (χ0) is 31.7. The molecule has 45 heavy (non-hydrogen) atoms. The van der Waals surface area contributed by atoms with E-state index in [1.807, 2.05) is 0 Å². The van der Waals surface area contributed by atoms with Crippen LogP contribution >= 0.6 is 0 Å². The number of ether oxygens (including phenoxy) is 5. The van der Waals surface area contributed by atoms with Crippen LogP contribution in [0.5, 0.6) is 0 Å². The number of carbonyl (C=O) groups is 4. The van der Waals surface area contributed by atoms with Gasteiger partial charge in [-0.1, -0.05) is 37.8 Å². The molecule has 0 bridgehead atoms. The van der Waals surface area contributed by atoms with Gasteiger partial charge in [-0.3, -0.25) is 14.4 Å². The molecular weight excluding hydrogens is 582 g/mol. The van der Waals surface area contributed by atoms with Gasteiger partial charge in [-0.25, -0.2) is 9.69 Å². The van der Waals surface area contributed by atoms with E-state index in [1.165, 1.54) is 50.7 Å². The van der Waals surface area contributed by atoms with Gasteiger partial charge in [0, 0.05) is 25.2 Å². The van der Waals surface area contributed by atoms with E-state index in [1.54, 1.807) is 24.3 Å². The molecular formula is C33H47N3O9. The number of carbonyl (C=O) groups excluding carboxylic acids is 4. The van der Waals surface area contributed by atoms with E-state index in [0.29, 0.717) is 84.2 Å². The lowest BCUT2D eigenvalue weighted by Gasteiger charge is -2.14. The predicted octanol–water partition coefficient (Wildman–Crippen LogP) is 2.78. The van der Waals surface area contributed by atoms with Crippen LogP contribution < -0.4 is 15.5 Å². The SMILES string of the molecule is O=C(Cc1ccc(N2C(=O)C=CC2=O)cc1)NCCOCCOCCOCCOCCNC(=O)OCC1[C@H]2CCCCCC[C@@H]12. The predicted molar refractivity (Wildman–Crippen MR) is 166 cm³/mol. The molecule has 1 unspecified atom stereocenters. The highest BCUT2D eigenvalue weighted by atomic mass is 16.6. The molecule has 2 aliphatic carbocycles. The van der Waals surface area contributed by atoms with E-state index in [-0.39, 0.29) is 30.2 Å². The van der Waals surface area contributed by atoms with Crippen molar-refractivity contribution in [3.63, 3.8) is 0 Å². The van der Waals surface area contributed by atoms with Gasteiger partial charge in [0.1, 0.15) is 0 Å². The fraction of sp³-hybridized carbons (Fsp3) is 0.636. The summed E-state index contributed by atoms with van der Waals surface area (Å²) in [4.78, 5) is 48.7. The van der Waals surface area contributed by atoms with Crippen molar-refractivity contribution in [2.24, 2.45) is 17.8 Å². The first-order valence-electron chi connectivity index (χ1n) is 16.2. The van der Waals surface area contributed by atoms with Crippen LogP contribution in [0.2, 0.25) is 0 Å². The van der Waals surface area contributed by atoms with Gasteiger partial charge in [-0.2, -0.15) is 0 Å². The highest BCUT2D eigenvalue weighted by Crippen LogP contribution is 2.53. The summed E-state index contributed by atoms with van der Waals surface area (Å²) >= 11 is 0. The summed E-state index contributed by atoms with van der Waals surface area (Å²) in [5.74, 6) is 1.18. The van der Waals surface area contributed by atoms with Gasteiger partial charge < -0.3 is 34.3 Å². The second-order valence-electron chi connectivity index (χ2n) is 11.5. The molecule has 0 aromatic heterocycles. The topological polar surface area (TPSA) is 142 Å². The first-order valence-corrected chi connectivity index (χ1v) is 16.2. The second kappa shape index (κ2) is 19.3. The zero-order valence-electron chi connectivity index (χ0n) is 26.0. The van der Waals surface area contributed by atoms with E-state index in [2.05, 4.69) is 10.6 Å². The standard InChI is InChI=1S/C33H47N3O9/c37-30(23-25-7-9-26(10-8-25)36-31(38)11-12-32(36)39)34-13-15-41-17-19-43-21-22-44-20-18-42-16-14-35-33(40)45-24-29-27-5-3-1-2-4-6-28(27)29/h7-12,27-29H,1-6,13-24H2,(H,34,37)(H,35,40)/t27-,28+,29?. The first kappa shape index (κ1) is 34.6. The van der Waals surface area contributed by atoms with E-state index < -0.39 is 0 Å². The Balaban J connectivity index is 0.869. The van der Waals surface area contributed by atoms with Gasteiger partial charge >= 0.3 is 6.09 Å². The molecule has 248 valence electrons. The van der Waals surface area contributed by atoms with Gasteiger partial charge in [0.15, 0.2) is 0 Å². The van der Waals surface area contributed by atoms with Crippen molar-refractivity contribution in [1.29, 1.82) is 0 Å². The molecule has 3 aliphatic rings. The van der Waals surface area contributed by atoms with Crippen molar-refractivity contribution in [2.75, 3.05) is 77.5 Å². The number of alkyl carbamates (subject to hydrolysis) is 1. The number of rotatable bonds is 20. The molecule has 0 saturated heterocycles. The Morgan fingerprint density at radius 1 is 0.689 bits per heavy atom. The third kappa shape index (κ3) is 12.2. The molecule has 1 aliphatic heterocycles. The van der Waals surface area contributed by atoms with Crippen molar-refractivity contribution in [2.45, 2.75) is 44.9 Å². The zero-order valence-corrected chi connectivity index (χ0v) is 26.0. The average Bonchev–Trinajstić information content (AvgIpc) is 3.55. The third-order valence-corrected chi connectivity index (χ3v) is 8.31. The Bertz CT molecular complexity index is 1090. The minimum absolute atomic E-state index is 0.149. The average molecular weight is 630 g/mol. The number of hydrogen-bond acceptors (Lipinski definition) is 9. The first-order chi connectivity index (χ1) is 22.0. The van der Waals surface area contributed by atoms with Crippen LogP contribution in [0.15, 0.2) is 36.4 Å². The van der Waals surface area contributed by atoms with Crippen molar-refractivity contribution in [3.05, 3.63) is 42.0 Å². The summed E-state index contributed by atoms with van der Waals surface area (Å²) in [6.45, 7) is 4.65. The normalized spacial score (nSPS) is 20.8. The maximum Gasteiger partial charge on any atom is 0.407 e. The van der Waals surface area contributed by atoms with Gasteiger partial charge in [-0.15, -0.1) is 0 Å². The summed E-state index contributed by atoms with van der Waals surface area (Å²) in [6.07, 6.45) is 10.2. The van der Waals surface area contributed by atoms with Crippen molar-refractivity contribution < 1.29 is 42.9 Å². The number of nitrogens with zero attached hydrogens (tertiary/aromatic N) is 1. The van der Waals surface area contributed by atoms with Crippen molar-refractivity contribution >= 4 is 29.5 Å². The molecule has 1 aromatic rings. The summed E-state index contributed by atoms with van der Waals surface area (Å²) in [5.41, 5.74) is 1.24. The smallest absolute Gasteiger partial charge is 0.407 e. The molecule has 3 atom stereocenters. The Labute approximate surface area is 265 Å². The largest absolute Gasteiger partial charge is 0.449 e. The summed E-state index contributed by atoms with van der Waals surface area (Å²) < 4.78 is 27.3. The van der Waals surface area contributed by atoms with Crippen LogP contribution in [-0.2, 0) is 44.5 Å². The van der Waals surface area contributed by atoms with Crippen LogP contribution in [0, 0.1) is 17.8 Å². The molecule has 1 heterocycles. The van der Waals surface area contributed by atoms with E-state index in [4.69, 9.17) is 23.7 Å². The fourth-order valence-corrected chi connectivity index (χ4v) is 5.88. The quantitative estimate of drug-likeness (QED) is 0.165. The lowest BCUT2D eigenvalue weighted by Crippen LogP contribution is -2.30. The fourth-order valence-electron chi connectivity index (χ4n) is 5.88. The van der Waals surface area contributed by atoms with Crippen LogP contribution in [0.1, 0.15) is 44.1 Å². The monoisotopic (exact) mass is 629 g/mol. The Morgan fingerprint density at radius 3 is 1.76 bits per heavy atom. The number of fused-ring (bicyclic) bond motifs is 1. The molecule has 0 spiro atoms. The Kier molecular flexibility index (Phi) is 14.8.